The van der Waals surface area contributed by atoms with Crippen LogP contribution in [0.3, 0.4) is 0 Å². The molecule has 0 unspecified atom stereocenters. The number of anilines is 1. The fourth-order valence-electron chi connectivity index (χ4n) is 1.97. The van der Waals surface area contributed by atoms with Crippen molar-refractivity contribution in [2.45, 2.75) is 13.8 Å². The molecule has 104 valence electrons. The lowest BCUT2D eigenvalue weighted by Crippen LogP contribution is -2.13. The van der Waals surface area contributed by atoms with Crippen molar-refractivity contribution in [1.29, 1.82) is 0 Å². The molecule has 0 fully saturated rings. The normalized spacial score (nSPS) is 10.2. The number of aryl methyl sites for hydroxylation is 2. The first kappa shape index (κ1) is 14.6. The van der Waals surface area contributed by atoms with E-state index in [1.165, 1.54) is 0 Å². The second-order valence-electron chi connectivity index (χ2n) is 4.65. The van der Waals surface area contributed by atoms with Gasteiger partial charge in [-0.2, -0.15) is 0 Å². The van der Waals surface area contributed by atoms with E-state index in [4.69, 9.17) is 4.74 Å². The van der Waals surface area contributed by atoms with Gasteiger partial charge in [0.1, 0.15) is 5.75 Å². The van der Waals surface area contributed by atoms with Crippen LogP contribution in [0.4, 0.5) is 5.69 Å². The molecule has 3 nitrogen and oxygen atoms in total. The van der Waals surface area contributed by atoms with Gasteiger partial charge >= 0.3 is 0 Å². The molecule has 0 bridgehead atoms. The minimum atomic E-state index is -0.123. The van der Waals surface area contributed by atoms with Crippen LogP contribution in [-0.2, 0) is 0 Å². The third kappa shape index (κ3) is 3.39. The van der Waals surface area contributed by atoms with E-state index in [-0.39, 0.29) is 5.91 Å². The Bertz CT molecular complexity index is 633. The average Bonchev–Trinajstić information content (AvgIpc) is 2.39. The Balaban J connectivity index is 2.23. The zero-order valence-corrected chi connectivity index (χ0v) is 13.2. The van der Waals surface area contributed by atoms with Gasteiger partial charge in [-0.3, -0.25) is 4.79 Å². The number of hydrogen-bond donors (Lipinski definition) is 1. The molecule has 1 amide bonds. The maximum Gasteiger partial charge on any atom is 0.255 e. The smallest absolute Gasteiger partial charge is 0.255 e. The summed E-state index contributed by atoms with van der Waals surface area (Å²) in [5, 5.41) is 2.92. The standard InChI is InChI=1S/C16H16BrNO2/c1-10-6-12(9-13(17)7-10)16(19)18-15-5-4-14(20-3)8-11(15)2/h4-9H,1-3H3,(H,18,19). The van der Waals surface area contributed by atoms with Crippen LogP contribution in [0.15, 0.2) is 40.9 Å². The number of nitrogens with one attached hydrogen (secondary N) is 1. The monoisotopic (exact) mass is 333 g/mol. The summed E-state index contributed by atoms with van der Waals surface area (Å²) in [5.74, 6) is 0.654. The van der Waals surface area contributed by atoms with Crippen molar-refractivity contribution in [2.75, 3.05) is 12.4 Å². The molecule has 4 heteroatoms. The summed E-state index contributed by atoms with van der Waals surface area (Å²) >= 11 is 3.40. The molecule has 0 atom stereocenters. The van der Waals surface area contributed by atoms with Crippen LogP contribution < -0.4 is 10.1 Å². The molecule has 0 spiro atoms. The lowest BCUT2D eigenvalue weighted by atomic mass is 10.1. The van der Waals surface area contributed by atoms with Crippen LogP contribution in [0.2, 0.25) is 0 Å². The fourth-order valence-corrected chi connectivity index (χ4v) is 2.57. The molecule has 0 aliphatic heterocycles. The first-order valence-corrected chi connectivity index (χ1v) is 7.02. The summed E-state index contributed by atoms with van der Waals surface area (Å²) in [4.78, 5) is 12.3. The number of methoxy groups -OCH3 is 1. The van der Waals surface area contributed by atoms with E-state index < -0.39 is 0 Å². The van der Waals surface area contributed by atoms with Crippen molar-refractivity contribution in [3.8, 4) is 5.75 Å². The topological polar surface area (TPSA) is 38.3 Å². The Labute approximate surface area is 127 Å². The van der Waals surface area contributed by atoms with E-state index in [2.05, 4.69) is 21.2 Å². The fraction of sp³-hybridized carbons (Fsp3) is 0.188. The van der Waals surface area contributed by atoms with E-state index in [9.17, 15) is 4.79 Å². The van der Waals surface area contributed by atoms with E-state index in [0.717, 1.165) is 27.0 Å². The van der Waals surface area contributed by atoms with Crippen LogP contribution in [0.5, 0.6) is 5.75 Å². The first-order valence-electron chi connectivity index (χ1n) is 6.23. The number of ether oxygens (including phenoxy) is 1. The van der Waals surface area contributed by atoms with Crippen molar-refractivity contribution in [1.82, 2.24) is 0 Å². The molecule has 2 aromatic carbocycles. The summed E-state index contributed by atoms with van der Waals surface area (Å²) in [6.45, 7) is 3.89. The molecule has 1 N–H and O–H groups in total. The highest BCUT2D eigenvalue weighted by Gasteiger charge is 2.09. The highest BCUT2D eigenvalue weighted by atomic mass is 79.9. The van der Waals surface area contributed by atoms with Gasteiger partial charge in [-0.25, -0.2) is 0 Å². The van der Waals surface area contributed by atoms with Gasteiger partial charge in [0.05, 0.1) is 7.11 Å². The molecule has 0 aliphatic carbocycles. The summed E-state index contributed by atoms with van der Waals surface area (Å²) in [6.07, 6.45) is 0. The predicted molar refractivity (Wildman–Crippen MR) is 84.6 cm³/mol. The van der Waals surface area contributed by atoms with E-state index >= 15 is 0 Å². The second-order valence-corrected chi connectivity index (χ2v) is 5.57. The third-order valence-electron chi connectivity index (χ3n) is 2.99. The molecular weight excluding hydrogens is 318 g/mol. The lowest BCUT2D eigenvalue weighted by molar-refractivity contribution is 0.102. The second kappa shape index (κ2) is 6.09. The van der Waals surface area contributed by atoms with Gasteiger partial charge < -0.3 is 10.1 Å². The molecule has 0 aliphatic rings. The van der Waals surface area contributed by atoms with Crippen LogP contribution in [0.1, 0.15) is 21.5 Å². The number of carbonyl (C=O) groups excluding carboxylic acids is 1. The number of carbonyl (C=O) groups is 1. The SMILES string of the molecule is COc1ccc(NC(=O)c2cc(C)cc(Br)c2)c(C)c1. The van der Waals surface area contributed by atoms with Gasteiger partial charge in [-0.1, -0.05) is 15.9 Å². The number of hydrogen-bond acceptors (Lipinski definition) is 2. The van der Waals surface area contributed by atoms with E-state index in [1.54, 1.807) is 13.2 Å². The largest absolute Gasteiger partial charge is 0.497 e. The van der Waals surface area contributed by atoms with E-state index in [1.807, 2.05) is 44.2 Å². The van der Waals surface area contributed by atoms with Crippen LogP contribution in [0.25, 0.3) is 0 Å². The Hall–Kier alpha value is -1.81. The molecule has 2 aromatic rings. The lowest BCUT2D eigenvalue weighted by Gasteiger charge is -2.10. The Kier molecular flexibility index (Phi) is 4.45. The minimum Gasteiger partial charge on any atom is -0.497 e. The van der Waals surface area contributed by atoms with Crippen molar-refractivity contribution < 1.29 is 9.53 Å². The molecule has 20 heavy (non-hydrogen) atoms. The Morgan fingerprint density at radius 2 is 1.90 bits per heavy atom. The molecule has 0 aromatic heterocycles. The maximum absolute atomic E-state index is 12.3. The van der Waals surface area contributed by atoms with Gasteiger partial charge in [0.15, 0.2) is 0 Å². The number of benzene rings is 2. The van der Waals surface area contributed by atoms with Crippen molar-refractivity contribution >= 4 is 27.5 Å². The third-order valence-corrected chi connectivity index (χ3v) is 3.44. The van der Waals surface area contributed by atoms with Gasteiger partial charge in [-0.15, -0.1) is 0 Å². The van der Waals surface area contributed by atoms with Gasteiger partial charge in [-0.05, 0) is 61.4 Å². The molecule has 0 radical (unpaired) electrons. The molecular formula is C16H16BrNO2. The van der Waals surface area contributed by atoms with Crippen molar-refractivity contribution in [2.24, 2.45) is 0 Å². The predicted octanol–water partition coefficient (Wildman–Crippen LogP) is 4.33. The zero-order chi connectivity index (χ0) is 14.7. The summed E-state index contributed by atoms with van der Waals surface area (Å²) in [6, 6.07) is 11.2. The Morgan fingerprint density at radius 3 is 2.50 bits per heavy atom. The minimum absolute atomic E-state index is 0.123. The van der Waals surface area contributed by atoms with Crippen molar-refractivity contribution in [3.63, 3.8) is 0 Å². The van der Waals surface area contributed by atoms with E-state index in [0.29, 0.717) is 5.56 Å². The quantitative estimate of drug-likeness (QED) is 0.907. The zero-order valence-electron chi connectivity index (χ0n) is 11.7. The number of halogens is 1. The first-order chi connectivity index (χ1) is 9.49. The van der Waals surface area contributed by atoms with Crippen LogP contribution in [0, 0.1) is 13.8 Å². The summed E-state index contributed by atoms with van der Waals surface area (Å²) in [5.41, 5.74) is 3.42. The number of amides is 1. The Morgan fingerprint density at radius 1 is 1.15 bits per heavy atom. The summed E-state index contributed by atoms with van der Waals surface area (Å²) < 4.78 is 6.05. The highest BCUT2D eigenvalue weighted by molar-refractivity contribution is 9.10. The van der Waals surface area contributed by atoms with Gasteiger partial charge in [0.2, 0.25) is 0 Å². The highest BCUT2D eigenvalue weighted by Crippen LogP contribution is 2.22. The van der Waals surface area contributed by atoms with Gasteiger partial charge in [0.25, 0.3) is 5.91 Å². The average molecular weight is 334 g/mol. The summed E-state index contributed by atoms with van der Waals surface area (Å²) in [7, 11) is 1.62. The maximum atomic E-state index is 12.3. The van der Waals surface area contributed by atoms with Crippen LogP contribution >= 0.6 is 15.9 Å². The number of rotatable bonds is 3. The van der Waals surface area contributed by atoms with Gasteiger partial charge in [0, 0.05) is 15.7 Å². The van der Waals surface area contributed by atoms with Crippen LogP contribution in [-0.4, -0.2) is 13.0 Å². The molecule has 0 heterocycles. The van der Waals surface area contributed by atoms with Crippen molar-refractivity contribution in [3.05, 3.63) is 57.6 Å². The molecule has 0 saturated heterocycles. The molecule has 0 saturated carbocycles. The molecule has 2 rings (SSSR count).